The highest BCUT2D eigenvalue weighted by Crippen LogP contribution is 2.34. The Morgan fingerprint density at radius 3 is 2.56 bits per heavy atom. The molecule has 0 radical (unpaired) electrons. The minimum atomic E-state index is -1.18. The number of nitrogens with one attached hydrogen (secondary N) is 1. The van der Waals surface area contributed by atoms with Crippen molar-refractivity contribution in [2.75, 3.05) is 16.8 Å². The van der Waals surface area contributed by atoms with E-state index in [1.807, 2.05) is 20.8 Å². The van der Waals surface area contributed by atoms with Crippen molar-refractivity contribution in [3.05, 3.63) is 46.3 Å². The summed E-state index contributed by atoms with van der Waals surface area (Å²) in [5.41, 5.74) is 0.220. The van der Waals surface area contributed by atoms with Crippen molar-refractivity contribution in [3.8, 4) is 0 Å². The molecule has 0 spiro atoms. The predicted octanol–water partition coefficient (Wildman–Crippen LogP) is 5.80. The summed E-state index contributed by atoms with van der Waals surface area (Å²) in [7, 11) is 0. The SMILES string of the molecule is CC(C)(C)CN(C(=O)O)c1cc(F)ccc1Nc1ncc(Cl)cc1Cl. The van der Waals surface area contributed by atoms with E-state index in [1.54, 1.807) is 0 Å². The summed E-state index contributed by atoms with van der Waals surface area (Å²) in [6, 6.07) is 5.33. The largest absolute Gasteiger partial charge is 0.465 e. The molecular formula is C17H18Cl2FN3O2. The average molecular weight is 386 g/mol. The first-order chi connectivity index (χ1) is 11.6. The minimum Gasteiger partial charge on any atom is -0.465 e. The van der Waals surface area contributed by atoms with Crippen molar-refractivity contribution in [1.82, 2.24) is 4.98 Å². The normalized spacial score (nSPS) is 11.3. The molecule has 1 amide bonds. The molecule has 0 unspecified atom stereocenters. The Morgan fingerprint density at radius 2 is 2.00 bits per heavy atom. The Kier molecular flexibility index (Phi) is 5.75. The van der Waals surface area contributed by atoms with Gasteiger partial charge in [0.1, 0.15) is 11.6 Å². The summed E-state index contributed by atoms with van der Waals surface area (Å²) in [5.74, 6) is -0.254. The maximum absolute atomic E-state index is 13.8. The molecule has 1 heterocycles. The third kappa shape index (κ3) is 5.21. The smallest absolute Gasteiger partial charge is 0.411 e. The number of aromatic nitrogens is 1. The van der Waals surface area contributed by atoms with Gasteiger partial charge in [-0.25, -0.2) is 14.2 Å². The number of hydrogen-bond acceptors (Lipinski definition) is 3. The Labute approximate surface area is 155 Å². The Bertz CT molecular complexity index is 794. The van der Waals surface area contributed by atoms with Gasteiger partial charge in [-0.05, 0) is 29.7 Å². The van der Waals surface area contributed by atoms with Crippen LogP contribution < -0.4 is 10.2 Å². The molecule has 1 aromatic heterocycles. The van der Waals surface area contributed by atoms with E-state index in [0.29, 0.717) is 16.5 Å². The van der Waals surface area contributed by atoms with Crippen LogP contribution in [-0.4, -0.2) is 22.7 Å². The topological polar surface area (TPSA) is 65.5 Å². The standard InChI is InChI=1S/C17H18Cl2FN3O2/c1-17(2,3)9-23(16(24)25)14-7-11(20)4-5-13(14)22-15-12(19)6-10(18)8-21-15/h4-8H,9H2,1-3H3,(H,21,22)(H,24,25). The van der Waals surface area contributed by atoms with Gasteiger partial charge in [0.05, 0.1) is 21.4 Å². The van der Waals surface area contributed by atoms with Gasteiger partial charge in [-0.1, -0.05) is 44.0 Å². The van der Waals surface area contributed by atoms with Crippen LogP contribution in [0.5, 0.6) is 0 Å². The lowest BCUT2D eigenvalue weighted by molar-refractivity contribution is 0.198. The van der Waals surface area contributed by atoms with E-state index >= 15 is 0 Å². The second-order valence-electron chi connectivity index (χ2n) is 6.70. The summed E-state index contributed by atoms with van der Waals surface area (Å²) in [4.78, 5) is 16.9. The van der Waals surface area contributed by atoms with Crippen LogP contribution in [0.4, 0.5) is 26.4 Å². The highest BCUT2D eigenvalue weighted by molar-refractivity contribution is 6.36. The number of halogens is 3. The number of nitrogens with zero attached hydrogens (tertiary/aromatic N) is 2. The molecule has 0 saturated heterocycles. The third-order valence-electron chi connectivity index (χ3n) is 3.17. The minimum absolute atomic E-state index is 0.176. The number of rotatable bonds is 4. The number of pyridine rings is 1. The molecule has 0 aliphatic rings. The van der Waals surface area contributed by atoms with E-state index in [9.17, 15) is 14.3 Å². The van der Waals surface area contributed by atoms with Gasteiger partial charge in [0.25, 0.3) is 0 Å². The molecule has 0 bridgehead atoms. The van der Waals surface area contributed by atoms with Crippen molar-refractivity contribution in [2.45, 2.75) is 20.8 Å². The number of carboxylic acid groups (broad SMARTS) is 1. The fourth-order valence-electron chi connectivity index (χ4n) is 2.20. The van der Waals surface area contributed by atoms with Gasteiger partial charge in [-0.15, -0.1) is 0 Å². The maximum atomic E-state index is 13.8. The highest BCUT2D eigenvalue weighted by Gasteiger charge is 2.25. The Morgan fingerprint density at radius 1 is 1.32 bits per heavy atom. The van der Waals surface area contributed by atoms with Crippen LogP contribution in [0, 0.1) is 11.2 Å². The highest BCUT2D eigenvalue weighted by atomic mass is 35.5. The van der Waals surface area contributed by atoms with Crippen LogP contribution in [0.3, 0.4) is 0 Å². The zero-order valence-corrected chi connectivity index (χ0v) is 15.5. The maximum Gasteiger partial charge on any atom is 0.411 e. The van der Waals surface area contributed by atoms with Crippen LogP contribution >= 0.6 is 23.2 Å². The number of anilines is 3. The van der Waals surface area contributed by atoms with Gasteiger partial charge in [-0.3, -0.25) is 4.90 Å². The second-order valence-corrected chi connectivity index (χ2v) is 7.54. The summed E-state index contributed by atoms with van der Waals surface area (Å²) >= 11 is 11.9. The number of amides is 1. The molecule has 1 aromatic carbocycles. The molecule has 0 fully saturated rings. The van der Waals surface area contributed by atoms with Crippen molar-refractivity contribution in [1.29, 1.82) is 0 Å². The molecule has 2 N–H and O–H groups in total. The second kappa shape index (κ2) is 7.45. The molecule has 0 atom stereocenters. The van der Waals surface area contributed by atoms with Gasteiger partial charge >= 0.3 is 6.09 Å². The molecule has 134 valence electrons. The molecule has 0 saturated carbocycles. The number of benzene rings is 1. The van der Waals surface area contributed by atoms with Crippen LogP contribution in [0.25, 0.3) is 0 Å². The van der Waals surface area contributed by atoms with Gasteiger partial charge in [0.15, 0.2) is 0 Å². The van der Waals surface area contributed by atoms with E-state index in [1.165, 1.54) is 24.4 Å². The summed E-state index contributed by atoms with van der Waals surface area (Å²) in [6.45, 7) is 5.87. The van der Waals surface area contributed by atoms with Crippen molar-refractivity contribution >= 4 is 46.5 Å². The van der Waals surface area contributed by atoms with E-state index in [2.05, 4.69) is 10.3 Å². The zero-order valence-electron chi connectivity index (χ0n) is 14.0. The molecule has 0 aliphatic carbocycles. The first-order valence-corrected chi connectivity index (χ1v) is 8.20. The van der Waals surface area contributed by atoms with Gasteiger partial charge in [-0.2, -0.15) is 0 Å². The number of carbonyl (C=O) groups is 1. The molecule has 2 aromatic rings. The summed E-state index contributed by atoms with van der Waals surface area (Å²) < 4.78 is 13.8. The zero-order chi connectivity index (χ0) is 18.8. The van der Waals surface area contributed by atoms with Crippen LogP contribution in [-0.2, 0) is 0 Å². The first-order valence-electron chi connectivity index (χ1n) is 7.45. The molecule has 5 nitrogen and oxygen atoms in total. The van der Waals surface area contributed by atoms with Crippen molar-refractivity contribution in [2.24, 2.45) is 5.41 Å². The van der Waals surface area contributed by atoms with Crippen molar-refractivity contribution < 1.29 is 14.3 Å². The lowest BCUT2D eigenvalue weighted by Gasteiger charge is -2.29. The molecule has 0 aliphatic heterocycles. The van der Waals surface area contributed by atoms with E-state index in [0.717, 1.165) is 11.0 Å². The summed E-state index contributed by atoms with van der Waals surface area (Å²) in [6.07, 6.45) is 0.224. The first kappa shape index (κ1) is 19.3. The fourth-order valence-corrected chi connectivity index (χ4v) is 2.63. The molecular weight excluding hydrogens is 368 g/mol. The van der Waals surface area contributed by atoms with Crippen molar-refractivity contribution in [3.63, 3.8) is 0 Å². The van der Waals surface area contributed by atoms with E-state index in [4.69, 9.17) is 23.2 Å². The third-order valence-corrected chi connectivity index (χ3v) is 3.67. The fraction of sp³-hybridized carbons (Fsp3) is 0.294. The van der Waals surface area contributed by atoms with Gasteiger partial charge < -0.3 is 10.4 Å². The Balaban J connectivity index is 2.47. The van der Waals surface area contributed by atoms with Gasteiger partial charge in [0.2, 0.25) is 0 Å². The molecule has 8 heteroatoms. The molecule has 25 heavy (non-hydrogen) atoms. The van der Waals surface area contributed by atoms with Crippen LogP contribution in [0.1, 0.15) is 20.8 Å². The average Bonchev–Trinajstić information content (AvgIpc) is 2.48. The lowest BCUT2D eigenvalue weighted by atomic mass is 9.96. The van der Waals surface area contributed by atoms with E-state index in [-0.39, 0.29) is 22.7 Å². The van der Waals surface area contributed by atoms with E-state index < -0.39 is 11.9 Å². The van der Waals surface area contributed by atoms with Crippen LogP contribution in [0.2, 0.25) is 10.0 Å². The summed E-state index contributed by atoms with van der Waals surface area (Å²) in [5, 5.41) is 13.2. The monoisotopic (exact) mass is 385 g/mol. The quantitative estimate of drug-likeness (QED) is 0.697. The molecule has 2 rings (SSSR count). The van der Waals surface area contributed by atoms with Crippen LogP contribution in [0.15, 0.2) is 30.5 Å². The Hall–Kier alpha value is -2.05. The number of hydrogen-bond donors (Lipinski definition) is 2. The predicted molar refractivity (Wildman–Crippen MR) is 98.8 cm³/mol. The van der Waals surface area contributed by atoms with Gasteiger partial charge in [0, 0.05) is 12.7 Å². The lowest BCUT2D eigenvalue weighted by Crippen LogP contribution is -2.37.